The third kappa shape index (κ3) is 4.32. The fraction of sp³-hybridized carbons (Fsp3) is 0.182. The molecular weight excluding hydrogens is 442 g/mol. The quantitative estimate of drug-likeness (QED) is 0.523. The van der Waals surface area contributed by atoms with Gasteiger partial charge in [0.15, 0.2) is 5.60 Å². The standard InChI is InChI=1S/C22H19F4N5O2/c1-30-29-28-14-31(30)13-21(32,18-9-7-15(23)11-19(18)24)22(25,26)20-10-8-17(12-27-20)33-16-5-3-2-4-6-16/h2-12,14,29,32H,13H2,1H3. The van der Waals surface area contributed by atoms with E-state index in [0.29, 0.717) is 11.8 Å². The summed E-state index contributed by atoms with van der Waals surface area (Å²) in [6.45, 7) is -0.820. The third-order valence-electron chi connectivity index (χ3n) is 5.10. The minimum absolute atomic E-state index is 0.188. The number of alkyl halides is 2. The third-order valence-corrected chi connectivity index (χ3v) is 5.10. The summed E-state index contributed by atoms with van der Waals surface area (Å²) in [5.74, 6) is -5.73. The number of benzene rings is 2. The molecule has 0 radical (unpaired) electrons. The number of hydrogen-bond acceptors (Lipinski definition) is 7. The van der Waals surface area contributed by atoms with Crippen LogP contribution in [0.15, 0.2) is 72.0 Å². The van der Waals surface area contributed by atoms with Crippen LogP contribution in [0, 0.1) is 11.6 Å². The molecule has 0 amide bonds. The van der Waals surface area contributed by atoms with Gasteiger partial charge in [-0.1, -0.05) is 18.2 Å². The molecule has 0 saturated carbocycles. The maximum absolute atomic E-state index is 15.8. The van der Waals surface area contributed by atoms with Crippen molar-refractivity contribution in [1.29, 1.82) is 0 Å². The van der Waals surface area contributed by atoms with Gasteiger partial charge in [0.25, 0.3) is 0 Å². The Morgan fingerprint density at radius 2 is 1.79 bits per heavy atom. The van der Waals surface area contributed by atoms with E-state index in [9.17, 15) is 13.9 Å². The smallest absolute Gasteiger partial charge is 0.323 e. The summed E-state index contributed by atoms with van der Waals surface area (Å²) >= 11 is 0. The van der Waals surface area contributed by atoms with Gasteiger partial charge in [0.2, 0.25) is 0 Å². The van der Waals surface area contributed by atoms with Crippen LogP contribution in [0.5, 0.6) is 11.5 Å². The second-order valence-electron chi connectivity index (χ2n) is 7.32. The van der Waals surface area contributed by atoms with Crippen LogP contribution < -0.4 is 10.3 Å². The van der Waals surface area contributed by atoms with Crippen molar-refractivity contribution < 1.29 is 27.4 Å². The van der Waals surface area contributed by atoms with Crippen molar-refractivity contribution in [2.45, 2.75) is 11.5 Å². The van der Waals surface area contributed by atoms with Gasteiger partial charge in [0.1, 0.15) is 35.2 Å². The molecule has 0 aliphatic carbocycles. The molecule has 0 spiro atoms. The van der Waals surface area contributed by atoms with Gasteiger partial charge < -0.3 is 9.84 Å². The van der Waals surface area contributed by atoms with Gasteiger partial charge in [0, 0.05) is 18.7 Å². The zero-order valence-corrected chi connectivity index (χ0v) is 17.3. The SMILES string of the molecule is CN1NN=CN1CC(O)(c1ccc(F)cc1F)C(F)(F)c1ccc(Oc2ccccc2)cn1. The zero-order chi connectivity index (χ0) is 23.6. The number of hydrazine groups is 2. The molecule has 1 atom stereocenters. The molecule has 0 saturated heterocycles. The first-order valence-electron chi connectivity index (χ1n) is 9.75. The number of hydrazone groups is 1. The highest BCUT2D eigenvalue weighted by Crippen LogP contribution is 2.46. The van der Waals surface area contributed by atoms with Crippen molar-refractivity contribution >= 4 is 6.34 Å². The largest absolute Gasteiger partial charge is 0.456 e. The normalized spacial score (nSPS) is 15.9. The van der Waals surface area contributed by atoms with Gasteiger partial charge in [-0.15, -0.1) is 5.12 Å². The minimum Gasteiger partial charge on any atom is -0.456 e. The van der Waals surface area contributed by atoms with Gasteiger partial charge in [-0.05, 0) is 36.4 Å². The Morgan fingerprint density at radius 1 is 1.03 bits per heavy atom. The van der Waals surface area contributed by atoms with Crippen molar-refractivity contribution in [2.24, 2.45) is 5.10 Å². The Labute approximate surface area is 186 Å². The highest BCUT2D eigenvalue weighted by atomic mass is 19.3. The molecule has 1 aliphatic heterocycles. The first kappa shape index (κ1) is 22.5. The number of pyridine rings is 1. The number of rotatable bonds is 7. The number of nitrogens with one attached hydrogen (secondary N) is 1. The van der Waals surface area contributed by atoms with E-state index in [-0.39, 0.29) is 5.75 Å². The fourth-order valence-electron chi connectivity index (χ4n) is 3.33. The summed E-state index contributed by atoms with van der Waals surface area (Å²) in [6, 6.07) is 12.9. The highest BCUT2D eigenvalue weighted by Gasteiger charge is 2.58. The van der Waals surface area contributed by atoms with Crippen molar-refractivity contribution in [3.05, 3.63) is 89.8 Å². The molecule has 1 aromatic heterocycles. The molecule has 172 valence electrons. The topological polar surface area (TPSA) is 73.2 Å². The van der Waals surface area contributed by atoms with E-state index in [1.807, 2.05) is 0 Å². The number of halogens is 4. The lowest BCUT2D eigenvalue weighted by molar-refractivity contribution is -0.214. The molecule has 1 aliphatic rings. The molecule has 2 N–H and O–H groups in total. The summed E-state index contributed by atoms with van der Waals surface area (Å²) in [7, 11) is 1.46. The Kier molecular flexibility index (Phi) is 5.91. The van der Waals surface area contributed by atoms with Crippen molar-refractivity contribution in [3.8, 4) is 11.5 Å². The van der Waals surface area contributed by atoms with Crippen LogP contribution >= 0.6 is 0 Å². The maximum atomic E-state index is 15.8. The lowest BCUT2D eigenvalue weighted by Gasteiger charge is -2.39. The van der Waals surface area contributed by atoms with E-state index in [1.54, 1.807) is 30.3 Å². The van der Waals surface area contributed by atoms with E-state index in [1.165, 1.54) is 18.2 Å². The molecule has 0 fully saturated rings. The second kappa shape index (κ2) is 8.68. The molecule has 0 bridgehead atoms. The van der Waals surface area contributed by atoms with Crippen LogP contribution in [0.3, 0.4) is 0 Å². The molecule has 4 rings (SSSR count). The van der Waals surface area contributed by atoms with E-state index in [0.717, 1.165) is 35.7 Å². The number of β-amino-alcohol motifs (C(OH)–C–C–N with tert-alkyl or cyclic N) is 1. The average molecular weight is 461 g/mol. The lowest BCUT2D eigenvalue weighted by Crippen LogP contribution is -2.55. The first-order chi connectivity index (χ1) is 15.7. The van der Waals surface area contributed by atoms with E-state index >= 15 is 8.78 Å². The number of ether oxygens (including phenoxy) is 1. The van der Waals surface area contributed by atoms with Crippen LogP contribution in [0.25, 0.3) is 0 Å². The number of nitrogens with zero attached hydrogens (tertiary/aromatic N) is 4. The lowest BCUT2D eigenvalue weighted by atomic mass is 9.84. The van der Waals surface area contributed by atoms with E-state index in [2.05, 4.69) is 15.6 Å². The molecule has 3 aromatic rings. The number of para-hydroxylation sites is 1. The maximum Gasteiger partial charge on any atom is 0.323 e. The molecule has 1 unspecified atom stereocenters. The van der Waals surface area contributed by atoms with Crippen LogP contribution in [0.1, 0.15) is 11.3 Å². The van der Waals surface area contributed by atoms with Crippen LogP contribution in [-0.4, -0.2) is 40.1 Å². The molecule has 2 heterocycles. The van der Waals surface area contributed by atoms with Crippen LogP contribution in [0.2, 0.25) is 0 Å². The van der Waals surface area contributed by atoms with Gasteiger partial charge >= 0.3 is 5.92 Å². The number of aliphatic hydroxyl groups is 1. The summed E-state index contributed by atoms with van der Waals surface area (Å²) in [5, 5.41) is 17.3. The summed E-state index contributed by atoms with van der Waals surface area (Å²) in [4.78, 5) is 3.77. The summed E-state index contributed by atoms with van der Waals surface area (Å²) in [6.07, 6.45) is 2.22. The molecule has 33 heavy (non-hydrogen) atoms. The van der Waals surface area contributed by atoms with Crippen molar-refractivity contribution in [1.82, 2.24) is 20.6 Å². The number of hydrogen-bond donors (Lipinski definition) is 2. The zero-order valence-electron chi connectivity index (χ0n) is 17.3. The summed E-state index contributed by atoms with van der Waals surface area (Å²) in [5.41, 5.74) is -2.30. The summed E-state index contributed by atoms with van der Waals surface area (Å²) < 4.78 is 65.2. The molecule has 7 nitrogen and oxygen atoms in total. The monoisotopic (exact) mass is 461 g/mol. The average Bonchev–Trinajstić information content (AvgIpc) is 3.18. The van der Waals surface area contributed by atoms with E-state index < -0.39 is 41.0 Å². The van der Waals surface area contributed by atoms with Crippen molar-refractivity contribution in [2.75, 3.05) is 13.6 Å². The molecular formula is C22H19F4N5O2. The fourth-order valence-corrected chi connectivity index (χ4v) is 3.33. The Balaban J connectivity index is 1.71. The van der Waals surface area contributed by atoms with Gasteiger partial charge in [0.05, 0.1) is 12.7 Å². The highest BCUT2D eigenvalue weighted by molar-refractivity contribution is 5.55. The predicted molar refractivity (Wildman–Crippen MR) is 111 cm³/mol. The Hall–Kier alpha value is -3.70. The Morgan fingerprint density at radius 3 is 2.39 bits per heavy atom. The van der Waals surface area contributed by atoms with Crippen LogP contribution in [-0.2, 0) is 11.5 Å². The first-order valence-corrected chi connectivity index (χ1v) is 9.75. The Bertz CT molecular complexity index is 1150. The van der Waals surface area contributed by atoms with Crippen LogP contribution in [0.4, 0.5) is 17.6 Å². The predicted octanol–water partition coefficient (Wildman–Crippen LogP) is 3.74. The van der Waals surface area contributed by atoms with Gasteiger partial charge in [-0.25, -0.2) is 14.3 Å². The molecule has 11 heteroatoms. The molecule has 2 aromatic carbocycles. The van der Waals surface area contributed by atoms with Gasteiger partial charge in [-0.2, -0.15) is 13.9 Å². The second-order valence-corrected chi connectivity index (χ2v) is 7.32. The van der Waals surface area contributed by atoms with E-state index in [4.69, 9.17) is 4.74 Å². The van der Waals surface area contributed by atoms with Crippen molar-refractivity contribution in [3.63, 3.8) is 0 Å². The van der Waals surface area contributed by atoms with Gasteiger partial charge in [-0.3, -0.25) is 9.99 Å². The number of aromatic nitrogens is 1. The minimum atomic E-state index is -4.10.